The molecule has 3 nitrogen and oxygen atoms in total. The van der Waals surface area contributed by atoms with Crippen LogP contribution >= 0.6 is 0 Å². The number of hydrogen-bond donors (Lipinski definition) is 1. The van der Waals surface area contributed by atoms with Gasteiger partial charge >= 0.3 is 0 Å². The first-order valence-electron chi connectivity index (χ1n) is 4.90. The molecule has 1 atom stereocenters. The highest BCUT2D eigenvalue weighted by atomic mass is 16.2. The zero-order valence-corrected chi connectivity index (χ0v) is 8.23. The van der Waals surface area contributed by atoms with E-state index in [1.165, 1.54) is 0 Å². The molecule has 3 heteroatoms. The number of hydrogen-bond acceptors (Lipinski definition) is 2. The zero-order chi connectivity index (χ0) is 9.97. The average Bonchev–Trinajstić information content (AvgIpc) is 2.61. The maximum atomic E-state index is 11.5. The van der Waals surface area contributed by atoms with Crippen molar-refractivity contribution < 1.29 is 4.79 Å². The summed E-state index contributed by atoms with van der Waals surface area (Å²) >= 11 is 0. The highest BCUT2D eigenvalue weighted by Gasteiger charge is 2.29. The number of nitrogens with one attached hydrogen (secondary N) is 1. The Morgan fingerprint density at radius 2 is 2.14 bits per heavy atom. The molecule has 2 rings (SSSR count). The predicted molar refractivity (Wildman–Crippen MR) is 54.6 cm³/mol. The van der Waals surface area contributed by atoms with E-state index in [4.69, 9.17) is 0 Å². The molecule has 14 heavy (non-hydrogen) atoms. The van der Waals surface area contributed by atoms with E-state index < -0.39 is 0 Å². The highest BCUT2D eigenvalue weighted by molar-refractivity contribution is 5.80. The Morgan fingerprint density at radius 1 is 1.43 bits per heavy atom. The minimum absolute atomic E-state index is 0.0636. The van der Waals surface area contributed by atoms with Gasteiger partial charge in [0.25, 0.3) is 0 Å². The van der Waals surface area contributed by atoms with Crippen LogP contribution in [0.1, 0.15) is 18.7 Å². The van der Waals surface area contributed by atoms with Crippen molar-refractivity contribution in [2.75, 3.05) is 13.1 Å². The second kappa shape index (κ2) is 3.80. The molecule has 1 amide bonds. The summed E-state index contributed by atoms with van der Waals surface area (Å²) in [6, 6.07) is 10.1. The van der Waals surface area contributed by atoms with Crippen molar-refractivity contribution in [3.05, 3.63) is 35.9 Å². The molecule has 1 saturated heterocycles. The van der Waals surface area contributed by atoms with E-state index in [0.717, 1.165) is 12.1 Å². The predicted octanol–water partition coefficient (Wildman–Crippen LogP) is 1.14. The highest BCUT2D eigenvalue weighted by Crippen LogP contribution is 2.21. The summed E-state index contributed by atoms with van der Waals surface area (Å²) in [6.07, 6.45) is 0.0636. The van der Waals surface area contributed by atoms with E-state index in [9.17, 15) is 4.79 Å². The smallest absolute Gasteiger partial charge is 0.238 e. The third kappa shape index (κ3) is 1.51. The number of carbonyl (C=O) groups is 1. The number of likely N-dealkylation sites (N-methyl/N-ethyl adjacent to an activating group) is 1. The maximum Gasteiger partial charge on any atom is 0.238 e. The summed E-state index contributed by atoms with van der Waals surface area (Å²) in [5.41, 5.74) is 1.15. The molecule has 0 saturated carbocycles. The van der Waals surface area contributed by atoms with Gasteiger partial charge in [0.1, 0.15) is 6.17 Å². The Morgan fingerprint density at radius 3 is 2.79 bits per heavy atom. The van der Waals surface area contributed by atoms with Crippen LogP contribution in [-0.2, 0) is 4.79 Å². The fourth-order valence-electron chi connectivity index (χ4n) is 1.83. The van der Waals surface area contributed by atoms with Gasteiger partial charge in [-0.3, -0.25) is 10.1 Å². The Labute approximate surface area is 83.7 Å². The van der Waals surface area contributed by atoms with Gasteiger partial charge in [0.2, 0.25) is 5.91 Å². The molecule has 1 aliphatic rings. The molecule has 0 spiro atoms. The van der Waals surface area contributed by atoms with Crippen LogP contribution in [0, 0.1) is 0 Å². The lowest BCUT2D eigenvalue weighted by molar-refractivity contribution is -0.127. The number of rotatable bonds is 2. The summed E-state index contributed by atoms with van der Waals surface area (Å²) in [4.78, 5) is 13.3. The van der Waals surface area contributed by atoms with Gasteiger partial charge in [-0.1, -0.05) is 30.3 Å². The number of benzene rings is 1. The van der Waals surface area contributed by atoms with E-state index in [-0.39, 0.29) is 12.1 Å². The monoisotopic (exact) mass is 190 g/mol. The van der Waals surface area contributed by atoms with E-state index in [2.05, 4.69) is 5.32 Å². The summed E-state index contributed by atoms with van der Waals surface area (Å²) < 4.78 is 0. The first-order valence-corrected chi connectivity index (χ1v) is 4.90. The number of nitrogens with zero attached hydrogens (tertiary/aromatic N) is 1. The third-order valence-electron chi connectivity index (χ3n) is 2.53. The van der Waals surface area contributed by atoms with Crippen LogP contribution in [-0.4, -0.2) is 23.9 Å². The van der Waals surface area contributed by atoms with Crippen molar-refractivity contribution in [1.82, 2.24) is 10.2 Å². The average molecular weight is 190 g/mol. The third-order valence-corrected chi connectivity index (χ3v) is 2.53. The van der Waals surface area contributed by atoms with Gasteiger partial charge in [0, 0.05) is 6.54 Å². The van der Waals surface area contributed by atoms with Crippen LogP contribution in [0.15, 0.2) is 30.3 Å². The minimum atomic E-state index is 0.0636. The van der Waals surface area contributed by atoms with Gasteiger partial charge in [-0.15, -0.1) is 0 Å². The molecule has 74 valence electrons. The first kappa shape index (κ1) is 9.21. The summed E-state index contributed by atoms with van der Waals surface area (Å²) in [7, 11) is 0. The van der Waals surface area contributed by atoms with Crippen LogP contribution in [0.2, 0.25) is 0 Å². The molecule has 1 fully saturated rings. The van der Waals surface area contributed by atoms with Crippen molar-refractivity contribution in [2.24, 2.45) is 0 Å². The quantitative estimate of drug-likeness (QED) is 0.758. The lowest BCUT2D eigenvalue weighted by Crippen LogP contribution is -2.29. The molecular formula is C11H14N2O. The van der Waals surface area contributed by atoms with Gasteiger partial charge in [-0.2, -0.15) is 0 Å². The molecule has 1 aromatic rings. The van der Waals surface area contributed by atoms with E-state index in [0.29, 0.717) is 6.54 Å². The minimum Gasteiger partial charge on any atom is -0.322 e. The zero-order valence-electron chi connectivity index (χ0n) is 8.23. The summed E-state index contributed by atoms with van der Waals surface area (Å²) in [6.45, 7) is 3.21. The van der Waals surface area contributed by atoms with E-state index in [1.54, 1.807) is 0 Å². The molecule has 1 unspecified atom stereocenters. The molecule has 0 aromatic heterocycles. The van der Waals surface area contributed by atoms with Crippen molar-refractivity contribution in [2.45, 2.75) is 13.1 Å². The van der Waals surface area contributed by atoms with Gasteiger partial charge in [0.05, 0.1) is 6.54 Å². The second-order valence-corrected chi connectivity index (χ2v) is 3.37. The maximum absolute atomic E-state index is 11.5. The van der Waals surface area contributed by atoms with Gasteiger partial charge in [-0.25, -0.2) is 0 Å². The van der Waals surface area contributed by atoms with Crippen molar-refractivity contribution in [3.8, 4) is 0 Å². The van der Waals surface area contributed by atoms with Crippen LogP contribution in [0.25, 0.3) is 0 Å². The van der Waals surface area contributed by atoms with Crippen LogP contribution in [0.4, 0.5) is 0 Å². The van der Waals surface area contributed by atoms with Gasteiger partial charge in [0.15, 0.2) is 0 Å². The van der Waals surface area contributed by atoms with Crippen LogP contribution < -0.4 is 5.32 Å². The Balaban J connectivity index is 2.23. The molecule has 1 aromatic carbocycles. The van der Waals surface area contributed by atoms with Crippen LogP contribution in [0.3, 0.4) is 0 Å². The van der Waals surface area contributed by atoms with Gasteiger partial charge in [-0.05, 0) is 12.5 Å². The fraction of sp³-hybridized carbons (Fsp3) is 0.364. The SMILES string of the molecule is CCN1C(=O)CNC1c1ccccc1. The summed E-state index contributed by atoms with van der Waals surface area (Å²) in [5, 5.41) is 3.20. The first-order chi connectivity index (χ1) is 6.83. The molecule has 1 N–H and O–H groups in total. The standard InChI is InChI=1S/C11H14N2O/c1-2-13-10(14)8-12-11(13)9-6-4-3-5-7-9/h3-7,11-12H,2,8H2,1H3. The van der Waals surface area contributed by atoms with Crippen molar-refractivity contribution in [1.29, 1.82) is 0 Å². The molecule has 0 bridgehead atoms. The van der Waals surface area contributed by atoms with Gasteiger partial charge < -0.3 is 4.90 Å². The molecule has 0 radical (unpaired) electrons. The summed E-state index contributed by atoms with van der Waals surface area (Å²) in [5.74, 6) is 0.182. The molecule has 0 aliphatic carbocycles. The number of carbonyl (C=O) groups excluding carboxylic acids is 1. The van der Waals surface area contributed by atoms with Crippen molar-refractivity contribution >= 4 is 5.91 Å². The molecular weight excluding hydrogens is 176 g/mol. The topological polar surface area (TPSA) is 32.3 Å². The van der Waals surface area contributed by atoms with Crippen LogP contribution in [0.5, 0.6) is 0 Å². The normalized spacial score (nSPS) is 21.6. The largest absolute Gasteiger partial charge is 0.322 e. The van der Waals surface area contributed by atoms with E-state index in [1.807, 2.05) is 42.2 Å². The van der Waals surface area contributed by atoms with Crippen molar-refractivity contribution in [3.63, 3.8) is 0 Å². The Kier molecular flexibility index (Phi) is 2.50. The number of amides is 1. The Hall–Kier alpha value is -1.35. The molecule has 1 heterocycles. The Bertz CT molecular complexity index is 323. The fourth-order valence-corrected chi connectivity index (χ4v) is 1.83. The lowest BCUT2D eigenvalue weighted by atomic mass is 10.1. The molecule has 1 aliphatic heterocycles. The lowest BCUT2D eigenvalue weighted by Gasteiger charge is -2.22. The van der Waals surface area contributed by atoms with E-state index >= 15 is 0 Å². The second-order valence-electron chi connectivity index (χ2n) is 3.37.